The smallest absolute Gasteiger partial charge is 0.131 e. The molecule has 1 aromatic rings. The standard InChI is InChI=1S/C12H19N3O2/c1-9(16)7-11-5-3-4-6-15(11)8-12-10(2)13-17-14-12/h11H,3-8H2,1-2H3. The van der Waals surface area contributed by atoms with Crippen molar-refractivity contribution in [2.75, 3.05) is 6.54 Å². The normalized spacial score (nSPS) is 21.6. The van der Waals surface area contributed by atoms with E-state index in [9.17, 15) is 4.79 Å². The summed E-state index contributed by atoms with van der Waals surface area (Å²) in [6.45, 7) is 5.34. The van der Waals surface area contributed by atoms with Gasteiger partial charge in [-0.2, -0.15) is 0 Å². The van der Waals surface area contributed by atoms with E-state index >= 15 is 0 Å². The predicted octanol–water partition coefficient (Wildman–Crippen LogP) is 1.71. The van der Waals surface area contributed by atoms with Gasteiger partial charge in [0.2, 0.25) is 0 Å². The summed E-state index contributed by atoms with van der Waals surface area (Å²) in [5.41, 5.74) is 1.73. The molecule has 5 nitrogen and oxygen atoms in total. The van der Waals surface area contributed by atoms with Crippen molar-refractivity contribution in [3.63, 3.8) is 0 Å². The van der Waals surface area contributed by atoms with Gasteiger partial charge in [-0.1, -0.05) is 16.7 Å². The fraction of sp³-hybridized carbons (Fsp3) is 0.750. The Kier molecular flexibility index (Phi) is 3.89. The van der Waals surface area contributed by atoms with Crippen LogP contribution in [0.25, 0.3) is 0 Å². The van der Waals surface area contributed by atoms with Crippen LogP contribution >= 0.6 is 0 Å². The molecule has 1 atom stereocenters. The lowest BCUT2D eigenvalue weighted by Crippen LogP contribution is -2.40. The second-order valence-electron chi connectivity index (χ2n) is 4.82. The summed E-state index contributed by atoms with van der Waals surface area (Å²) in [7, 11) is 0. The van der Waals surface area contributed by atoms with E-state index in [1.54, 1.807) is 6.92 Å². The molecular weight excluding hydrogens is 218 g/mol. The van der Waals surface area contributed by atoms with Crippen molar-refractivity contribution in [3.8, 4) is 0 Å². The molecule has 5 heteroatoms. The van der Waals surface area contributed by atoms with Crippen LogP contribution in [0.2, 0.25) is 0 Å². The first-order valence-corrected chi connectivity index (χ1v) is 6.18. The number of carbonyl (C=O) groups is 1. The summed E-state index contributed by atoms with van der Waals surface area (Å²) in [6.07, 6.45) is 4.15. The van der Waals surface area contributed by atoms with Crippen LogP contribution < -0.4 is 0 Å². The van der Waals surface area contributed by atoms with Crippen LogP contribution in [0, 0.1) is 6.92 Å². The Bertz CT molecular complexity index is 389. The van der Waals surface area contributed by atoms with E-state index in [0.29, 0.717) is 12.5 Å². The first-order valence-electron chi connectivity index (χ1n) is 6.18. The zero-order valence-corrected chi connectivity index (χ0v) is 10.5. The van der Waals surface area contributed by atoms with Gasteiger partial charge in [0.1, 0.15) is 17.2 Å². The van der Waals surface area contributed by atoms with E-state index in [2.05, 4.69) is 15.2 Å². The Labute approximate surface area is 101 Å². The van der Waals surface area contributed by atoms with Crippen molar-refractivity contribution in [1.82, 2.24) is 15.2 Å². The van der Waals surface area contributed by atoms with Crippen LogP contribution in [0.3, 0.4) is 0 Å². The Morgan fingerprint density at radius 1 is 1.47 bits per heavy atom. The summed E-state index contributed by atoms with van der Waals surface area (Å²) < 4.78 is 4.71. The highest BCUT2D eigenvalue weighted by Crippen LogP contribution is 2.22. The second-order valence-corrected chi connectivity index (χ2v) is 4.82. The number of carbonyl (C=O) groups excluding carboxylic acids is 1. The van der Waals surface area contributed by atoms with Crippen LogP contribution in [-0.2, 0) is 11.3 Å². The van der Waals surface area contributed by atoms with Crippen molar-refractivity contribution in [2.45, 2.75) is 52.1 Å². The van der Waals surface area contributed by atoms with E-state index in [1.165, 1.54) is 12.8 Å². The zero-order chi connectivity index (χ0) is 12.3. The number of hydrogen-bond acceptors (Lipinski definition) is 5. The maximum absolute atomic E-state index is 11.3. The van der Waals surface area contributed by atoms with Gasteiger partial charge in [-0.15, -0.1) is 0 Å². The number of likely N-dealkylation sites (tertiary alicyclic amines) is 1. The molecule has 94 valence electrons. The van der Waals surface area contributed by atoms with Crippen molar-refractivity contribution >= 4 is 5.78 Å². The number of nitrogens with zero attached hydrogens (tertiary/aromatic N) is 3. The first-order chi connectivity index (χ1) is 8.16. The Morgan fingerprint density at radius 3 is 2.94 bits per heavy atom. The molecule has 1 saturated heterocycles. The molecule has 1 aliphatic rings. The van der Waals surface area contributed by atoms with Crippen LogP contribution in [-0.4, -0.2) is 33.6 Å². The Morgan fingerprint density at radius 2 is 2.29 bits per heavy atom. The predicted molar refractivity (Wildman–Crippen MR) is 62.4 cm³/mol. The van der Waals surface area contributed by atoms with Crippen LogP contribution in [0.5, 0.6) is 0 Å². The number of ketones is 1. The second kappa shape index (κ2) is 5.40. The summed E-state index contributed by atoms with van der Waals surface area (Å²) in [5.74, 6) is 0.261. The minimum absolute atomic E-state index is 0.261. The number of aryl methyl sites for hydroxylation is 1. The van der Waals surface area contributed by atoms with Crippen molar-refractivity contribution in [3.05, 3.63) is 11.4 Å². The third-order valence-corrected chi connectivity index (χ3v) is 3.37. The Balaban J connectivity index is 2.01. The average Bonchev–Trinajstić information content (AvgIpc) is 2.67. The van der Waals surface area contributed by atoms with Crippen LogP contribution in [0.4, 0.5) is 0 Å². The van der Waals surface area contributed by atoms with Crippen molar-refractivity contribution < 1.29 is 9.42 Å². The highest BCUT2D eigenvalue weighted by molar-refractivity contribution is 5.76. The van der Waals surface area contributed by atoms with Crippen LogP contribution in [0.1, 0.15) is 44.0 Å². The number of rotatable bonds is 4. The fourth-order valence-corrected chi connectivity index (χ4v) is 2.42. The summed E-state index contributed by atoms with van der Waals surface area (Å²) in [4.78, 5) is 13.6. The SMILES string of the molecule is CC(=O)CC1CCCCN1Cc1nonc1C. The molecule has 2 heterocycles. The first kappa shape index (κ1) is 12.2. The van der Waals surface area contributed by atoms with Gasteiger partial charge in [0.15, 0.2) is 0 Å². The molecule has 0 N–H and O–H groups in total. The van der Waals surface area contributed by atoms with Gasteiger partial charge in [0, 0.05) is 19.0 Å². The molecule has 0 saturated carbocycles. The molecule has 17 heavy (non-hydrogen) atoms. The molecule has 1 aromatic heterocycles. The molecule has 0 aromatic carbocycles. The van der Waals surface area contributed by atoms with Crippen molar-refractivity contribution in [1.29, 1.82) is 0 Å². The molecule has 0 aliphatic carbocycles. The van der Waals surface area contributed by atoms with Crippen LogP contribution in [0.15, 0.2) is 4.63 Å². The lowest BCUT2D eigenvalue weighted by Gasteiger charge is -2.34. The molecule has 1 aliphatic heterocycles. The molecule has 2 rings (SSSR count). The molecular formula is C12H19N3O2. The molecule has 1 fully saturated rings. The highest BCUT2D eigenvalue weighted by Gasteiger charge is 2.25. The number of Topliss-reactive ketones (excluding diaryl/α,β-unsaturated/α-hetero) is 1. The fourth-order valence-electron chi connectivity index (χ4n) is 2.42. The third kappa shape index (κ3) is 3.12. The number of piperidine rings is 1. The zero-order valence-electron chi connectivity index (χ0n) is 10.5. The molecule has 0 amide bonds. The topological polar surface area (TPSA) is 59.2 Å². The molecule has 1 unspecified atom stereocenters. The summed E-state index contributed by atoms with van der Waals surface area (Å²) in [6, 6.07) is 0.359. The summed E-state index contributed by atoms with van der Waals surface area (Å²) in [5, 5.41) is 7.70. The van der Waals surface area contributed by atoms with Gasteiger partial charge in [-0.05, 0) is 33.2 Å². The molecule has 0 radical (unpaired) electrons. The Hall–Kier alpha value is -1.23. The van der Waals surface area contributed by atoms with Gasteiger partial charge < -0.3 is 0 Å². The number of hydrogen-bond donors (Lipinski definition) is 0. The largest absolute Gasteiger partial charge is 0.300 e. The van der Waals surface area contributed by atoms with E-state index < -0.39 is 0 Å². The minimum atomic E-state index is 0.261. The highest BCUT2D eigenvalue weighted by atomic mass is 16.6. The van der Waals surface area contributed by atoms with E-state index in [4.69, 9.17) is 4.63 Å². The number of aromatic nitrogens is 2. The maximum atomic E-state index is 11.3. The van der Waals surface area contributed by atoms with E-state index in [1.807, 2.05) is 6.92 Å². The minimum Gasteiger partial charge on any atom is -0.300 e. The van der Waals surface area contributed by atoms with E-state index in [-0.39, 0.29) is 5.78 Å². The van der Waals surface area contributed by atoms with E-state index in [0.717, 1.165) is 30.9 Å². The lowest BCUT2D eigenvalue weighted by atomic mass is 9.97. The maximum Gasteiger partial charge on any atom is 0.131 e. The monoisotopic (exact) mass is 237 g/mol. The van der Waals surface area contributed by atoms with Gasteiger partial charge in [-0.3, -0.25) is 9.69 Å². The summed E-state index contributed by atoms with van der Waals surface area (Å²) >= 11 is 0. The van der Waals surface area contributed by atoms with Gasteiger partial charge in [0.25, 0.3) is 0 Å². The average molecular weight is 237 g/mol. The van der Waals surface area contributed by atoms with Gasteiger partial charge in [0.05, 0.1) is 0 Å². The quantitative estimate of drug-likeness (QED) is 0.797. The van der Waals surface area contributed by atoms with Crippen molar-refractivity contribution in [2.24, 2.45) is 0 Å². The van der Waals surface area contributed by atoms with Gasteiger partial charge >= 0.3 is 0 Å². The lowest BCUT2D eigenvalue weighted by molar-refractivity contribution is -0.118. The molecule has 0 bridgehead atoms. The molecule has 0 spiro atoms. The third-order valence-electron chi connectivity index (χ3n) is 3.37. The van der Waals surface area contributed by atoms with Gasteiger partial charge in [-0.25, -0.2) is 4.63 Å².